The van der Waals surface area contributed by atoms with Gasteiger partial charge in [-0.2, -0.15) is 0 Å². The first-order chi connectivity index (χ1) is 4.54. The molecule has 0 aromatic rings. The summed E-state index contributed by atoms with van der Waals surface area (Å²) in [4.78, 5) is 10.2. The molecular weight excluding hydrogens is 337 g/mol. The predicted molar refractivity (Wildman–Crippen MR) is 49.4 cm³/mol. The summed E-state index contributed by atoms with van der Waals surface area (Å²) in [6.45, 7) is 5.74. The second-order valence-electron chi connectivity index (χ2n) is 2.82. The van der Waals surface area contributed by atoms with Gasteiger partial charge in [0, 0.05) is 5.57 Å². The van der Waals surface area contributed by atoms with E-state index in [0.29, 0.717) is 11.5 Å². The first-order valence-corrected chi connectivity index (χ1v) is 3.44. The van der Waals surface area contributed by atoms with Crippen molar-refractivity contribution in [2.45, 2.75) is 27.2 Å². The van der Waals surface area contributed by atoms with Gasteiger partial charge in [0.25, 0.3) is 0 Å². The summed E-state index contributed by atoms with van der Waals surface area (Å²) < 4.78 is 0. The van der Waals surface area contributed by atoms with Crippen LogP contribution in [0.2, 0.25) is 0 Å². The minimum absolute atomic E-state index is 0. The van der Waals surface area contributed by atoms with Crippen LogP contribution in [0, 0.1) is 5.92 Å². The van der Waals surface area contributed by atoms with Crippen molar-refractivity contribution >= 4 is 32.5 Å². The zero-order valence-corrected chi connectivity index (χ0v) is 11.1. The van der Waals surface area contributed by atoms with Gasteiger partial charge in [0.15, 0.2) is 0 Å². The Labute approximate surface area is 87.2 Å². The third kappa shape index (κ3) is 8.01. The van der Waals surface area contributed by atoms with Crippen molar-refractivity contribution in [3.05, 3.63) is 11.6 Å². The Morgan fingerprint density at radius 3 is 2.27 bits per heavy atom. The molecule has 1 N–H and O–H groups in total. The Morgan fingerprint density at radius 2 is 2.00 bits per heavy atom. The molecule has 0 unspecified atom stereocenters. The Bertz CT molecular complexity index is 150. The van der Waals surface area contributed by atoms with Gasteiger partial charge in [-0.15, -0.1) is 0 Å². The van der Waals surface area contributed by atoms with E-state index in [-0.39, 0.29) is 26.6 Å². The molecule has 11 heavy (non-hydrogen) atoms. The monoisotopic (exact) mass is 353 g/mol. The molecule has 0 bridgehead atoms. The number of carbonyl (C=O) groups is 1. The zero-order valence-electron chi connectivity index (χ0n) is 7.22. The maximum atomic E-state index is 10.2. The fourth-order valence-electron chi connectivity index (χ4n) is 0.500. The van der Waals surface area contributed by atoms with Crippen molar-refractivity contribution in [1.29, 1.82) is 0 Å². The summed E-state index contributed by atoms with van der Waals surface area (Å²) in [5, 5.41) is 8.43. The number of hydrogen-bond donors (Lipinski definition) is 1. The van der Waals surface area contributed by atoms with Gasteiger partial charge in [-0.25, -0.2) is 4.79 Å². The molecule has 0 spiro atoms. The summed E-state index contributed by atoms with van der Waals surface area (Å²) in [7, 11) is 0. The van der Waals surface area contributed by atoms with Crippen molar-refractivity contribution in [1.82, 2.24) is 0 Å². The second kappa shape index (κ2) is 6.79. The fraction of sp³-hybridized carbons (Fsp3) is 0.625. The van der Waals surface area contributed by atoms with Crippen molar-refractivity contribution in [2.24, 2.45) is 5.92 Å². The van der Waals surface area contributed by atoms with Gasteiger partial charge >= 0.3 is 32.5 Å². The molecule has 2 nitrogen and oxygen atoms in total. The van der Waals surface area contributed by atoms with Crippen LogP contribution in [0.5, 0.6) is 0 Å². The van der Waals surface area contributed by atoms with Crippen LogP contribution in [0.1, 0.15) is 27.2 Å². The molecule has 0 amide bonds. The van der Waals surface area contributed by atoms with E-state index < -0.39 is 5.97 Å². The van der Waals surface area contributed by atoms with Crippen LogP contribution in [0.15, 0.2) is 11.6 Å². The van der Waals surface area contributed by atoms with E-state index in [1.165, 1.54) is 0 Å². The third-order valence-electron chi connectivity index (χ3n) is 1.23. The summed E-state index contributed by atoms with van der Waals surface area (Å²) in [5.74, 6) is -0.282. The molecule has 0 saturated heterocycles. The quantitative estimate of drug-likeness (QED) is 0.773. The molecule has 0 aromatic heterocycles. The number of rotatable bonds is 3. The third-order valence-corrected chi connectivity index (χ3v) is 1.23. The average Bonchev–Trinajstić information content (AvgIpc) is 1.82. The van der Waals surface area contributed by atoms with Crippen molar-refractivity contribution < 1.29 is 9.90 Å². The van der Waals surface area contributed by atoms with Gasteiger partial charge in [0.2, 0.25) is 0 Å². The van der Waals surface area contributed by atoms with Crippen LogP contribution >= 0.6 is 0 Å². The Balaban J connectivity index is 0. The molecule has 0 radical (unpaired) electrons. The van der Waals surface area contributed by atoms with Crippen LogP contribution in [0.3, 0.4) is 0 Å². The number of carboxylic acids is 1. The van der Waals surface area contributed by atoms with Crippen molar-refractivity contribution in [3.63, 3.8) is 0 Å². The van der Waals surface area contributed by atoms with E-state index in [1.54, 1.807) is 13.0 Å². The zero-order chi connectivity index (χ0) is 8.15. The summed E-state index contributed by atoms with van der Waals surface area (Å²) >= 11 is 0. The van der Waals surface area contributed by atoms with Crippen LogP contribution in [0.4, 0.5) is 0 Å². The Kier molecular flexibility index (Phi) is 8.45. The standard InChI is InChI=1S/C8H14O2.Po.2H/c1-6(2)4-5-7(3)8(9)10;;;/h5-6H,4H2,1-3H3,(H,9,10);;;. The summed E-state index contributed by atoms with van der Waals surface area (Å²) in [6, 6.07) is 0. The van der Waals surface area contributed by atoms with Gasteiger partial charge in [0.05, 0.1) is 0 Å². The minimum atomic E-state index is -0.819. The molecule has 66 valence electrons. The molecule has 0 atom stereocenters. The van der Waals surface area contributed by atoms with Crippen molar-refractivity contribution in [3.8, 4) is 0 Å². The molecule has 0 rings (SSSR count). The average molecular weight is 353 g/mol. The molecule has 0 heterocycles. The molecule has 0 saturated carbocycles. The van der Waals surface area contributed by atoms with Crippen molar-refractivity contribution in [2.75, 3.05) is 0 Å². The topological polar surface area (TPSA) is 37.3 Å². The summed E-state index contributed by atoms with van der Waals surface area (Å²) in [5.41, 5.74) is 0.439. The number of aliphatic carboxylic acids is 1. The van der Waals surface area contributed by atoms with E-state index in [2.05, 4.69) is 13.8 Å². The Hall–Kier alpha value is 0.106. The van der Waals surface area contributed by atoms with Gasteiger partial charge in [-0.3, -0.25) is 0 Å². The number of carboxylic acid groups (broad SMARTS) is 1. The van der Waals surface area contributed by atoms with E-state index >= 15 is 0 Å². The second-order valence-corrected chi connectivity index (χ2v) is 2.82. The van der Waals surface area contributed by atoms with Crippen LogP contribution in [-0.2, 0) is 4.79 Å². The first kappa shape index (κ1) is 13.7. The number of hydrogen-bond acceptors (Lipinski definition) is 1. The van der Waals surface area contributed by atoms with Gasteiger partial charge < -0.3 is 5.11 Å². The van der Waals surface area contributed by atoms with Crippen LogP contribution in [0.25, 0.3) is 0 Å². The molecular formula is C8H16O2Po. The van der Waals surface area contributed by atoms with E-state index in [9.17, 15) is 4.79 Å². The predicted octanol–water partition coefficient (Wildman–Crippen LogP) is 1.15. The summed E-state index contributed by atoms with van der Waals surface area (Å²) in [6.07, 6.45) is 2.60. The van der Waals surface area contributed by atoms with Crippen LogP contribution < -0.4 is 0 Å². The SMILES string of the molecule is CC(=CCC(C)C)C(=O)O.[PoH2]. The Morgan fingerprint density at radius 1 is 1.55 bits per heavy atom. The van der Waals surface area contributed by atoms with Crippen LogP contribution in [-0.4, -0.2) is 37.6 Å². The maximum absolute atomic E-state index is 10.2. The van der Waals surface area contributed by atoms with E-state index in [0.717, 1.165) is 6.42 Å². The van der Waals surface area contributed by atoms with E-state index in [4.69, 9.17) is 5.11 Å². The molecule has 3 heteroatoms. The molecule has 0 aliphatic heterocycles. The fourth-order valence-corrected chi connectivity index (χ4v) is 0.500. The molecule has 0 aliphatic carbocycles. The van der Waals surface area contributed by atoms with Gasteiger partial charge in [-0.1, -0.05) is 19.9 Å². The number of allylic oxidation sites excluding steroid dienone is 1. The normalized spacial score (nSPS) is 11.1. The first-order valence-electron chi connectivity index (χ1n) is 3.44. The van der Waals surface area contributed by atoms with Gasteiger partial charge in [0.1, 0.15) is 0 Å². The molecule has 0 fully saturated rings. The molecule has 0 aromatic carbocycles. The van der Waals surface area contributed by atoms with E-state index in [1.807, 2.05) is 0 Å². The van der Waals surface area contributed by atoms with Gasteiger partial charge in [-0.05, 0) is 19.3 Å². The molecule has 0 aliphatic rings.